The molecule has 154 valence electrons. The van der Waals surface area contributed by atoms with E-state index in [0.717, 1.165) is 5.56 Å². The molecule has 0 radical (unpaired) electrons. The third-order valence-corrected chi connectivity index (χ3v) is 4.76. The largest absolute Gasteiger partial charge is 0.354 e. The van der Waals surface area contributed by atoms with E-state index in [4.69, 9.17) is 0 Å². The number of H-pyrrole nitrogens is 1. The quantitative estimate of drug-likeness (QED) is 0.536. The van der Waals surface area contributed by atoms with Gasteiger partial charge in [-0.05, 0) is 68.3 Å². The second-order valence-corrected chi connectivity index (χ2v) is 7.03. The van der Waals surface area contributed by atoms with Crippen LogP contribution in [0.5, 0.6) is 0 Å². The second kappa shape index (κ2) is 8.73. The first-order chi connectivity index (χ1) is 14.3. The number of rotatable bonds is 6. The molecule has 30 heavy (non-hydrogen) atoms. The maximum Gasteiger partial charge on any atom is 0.268 e. The average Bonchev–Trinajstić information content (AvgIpc) is 3.01. The molecule has 1 heterocycles. The highest BCUT2D eigenvalue weighted by atomic mass is 19.1. The molecule has 0 fully saturated rings. The first kappa shape index (κ1) is 21.0. The molecular weight excluding hydrogens is 385 g/mol. The van der Waals surface area contributed by atoms with E-state index >= 15 is 0 Å². The number of hydrogen-bond donors (Lipinski definition) is 3. The van der Waals surface area contributed by atoms with E-state index in [9.17, 15) is 18.8 Å². The van der Waals surface area contributed by atoms with Crippen molar-refractivity contribution < 1.29 is 18.8 Å². The van der Waals surface area contributed by atoms with Crippen molar-refractivity contribution in [2.75, 3.05) is 5.32 Å². The van der Waals surface area contributed by atoms with Crippen molar-refractivity contribution in [2.45, 2.75) is 27.3 Å². The zero-order valence-electron chi connectivity index (χ0n) is 16.9. The zero-order chi connectivity index (χ0) is 21.8. The molecule has 3 rings (SSSR count). The Hall–Kier alpha value is -3.74. The van der Waals surface area contributed by atoms with Gasteiger partial charge in [-0.1, -0.05) is 12.1 Å². The molecule has 0 aliphatic carbocycles. The Morgan fingerprint density at radius 2 is 1.70 bits per heavy atom. The van der Waals surface area contributed by atoms with Crippen molar-refractivity contribution in [3.8, 4) is 0 Å². The number of halogens is 1. The smallest absolute Gasteiger partial charge is 0.268 e. The van der Waals surface area contributed by atoms with Crippen molar-refractivity contribution in [1.29, 1.82) is 0 Å². The summed E-state index contributed by atoms with van der Waals surface area (Å²) in [5.41, 5.74) is 3.86. The number of carbonyl (C=O) groups is 3. The molecule has 3 aromatic rings. The summed E-state index contributed by atoms with van der Waals surface area (Å²) in [5.74, 6) is -1.17. The van der Waals surface area contributed by atoms with Gasteiger partial charge in [-0.3, -0.25) is 14.4 Å². The number of hydrogen-bond acceptors (Lipinski definition) is 3. The lowest BCUT2D eigenvalue weighted by atomic mass is 10.1. The van der Waals surface area contributed by atoms with Crippen LogP contribution < -0.4 is 10.6 Å². The van der Waals surface area contributed by atoms with Crippen LogP contribution in [0.4, 0.5) is 10.1 Å². The molecule has 0 atom stereocenters. The molecule has 0 spiro atoms. The molecule has 0 saturated carbocycles. The second-order valence-electron chi connectivity index (χ2n) is 7.03. The molecule has 0 saturated heterocycles. The van der Waals surface area contributed by atoms with Gasteiger partial charge in [0.15, 0.2) is 5.78 Å². The monoisotopic (exact) mass is 407 g/mol. The standard InChI is InChI=1S/C23H22FN3O3/c1-13-20(15(3)28)14(2)26-21(13)23(30)25-12-16-5-4-6-19(11-16)27-22(29)17-7-9-18(24)10-8-17/h4-11,26H,12H2,1-3H3,(H,25,30)(H,27,29). The lowest BCUT2D eigenvalue weighted by Gasteiger charge is -2.09. The van der Waals surface area contributed by atoms with Crippen molar-refractivity contribution >= 4 is 23.3 Å². The molecule has 0 bridgehead atoms. The van der Waals surface area contributed by atoms with Gasteiger partial charge in [-0.15, -0.1) is 0 Å². The van der Waals surface area contributed by atoms with E-state index in [0.29, 0.717) is 33.8 Å². The van der Waals surface area contributed by atoms with Crippen LogP contribution in [0.1, 0.15) is 54.9 Å². The number of nitrogens with one attached hydrogen (secondary N) is 3. The minimum atomic E-state index is -0.410. The summed E-state index contributed by atoms with van der Waals surface area (Å²) >= 11 is 0. The third-order valence-electron chi connectivity index (χ3n) is 4.76. The van der Waals surface area contributed by atoms with E-state index in [1.807, 2.05) is 6.07 Å². The summed E-state index contributed by atoms with van der Waals surface area (Å²) in [4.78, 5) is 39.5. The molecule has 2 amide bonds. The summed E-state index contributed by atoms with van der Waals surface area (Å²) in [5, 5.41) is 5.57. The van der Waals surface area contributed by atoms with Crippen molar-refractivity contribution in [3.05, 3.63) is 88.0 Å². The van der Waals surface area contributed by atoms with E-state index < -0.39 is 5.82 Å². The van der Waals surface area contributed by atoms with Gasteiger partial charge in [-0.2, -0.15) is 0 Å². The lowest BCUT2D eigenvalue weighted by molar-refractivity contribution is 0.0944. The van der Waals surface area contributed by atoms with Crippen molar-refractivity contribution in [3.63, 3.8) is 0 Å². The Balaban J connectivity index is 1.66. The van der Waals surface area contributed by atoms with E-state index in [2.05, 4.69) is 15.6 Å². The first-order valence-corrected chi connectivity index (χ1v) is 9.40. The molecule has 2 aromatic carbocycles. The maximum atomic E-state index is 13.0. The fourth-order valence-electron chi connectivity index (χ4n) is 3.34. The molecule has 3 N–H and O–H groups in total. The summed E-state index contributed by atoms with van der Waals surface area (Å²) < 4.78 is 13.0. The van der Waals surface area contributed by atoms with Crippen LogP contribution in [0.3, 0.4) is 0 Å². The maximum absolute atomic E-state index is 13.0. The Morgan fingerprint density at radius 3 is 2.33 bits per heavy atom. The Kier molecular flexibility index (Phi) is 6.11. The third kappa shape index (κ3) is 4.63. The molecule has 0 aliphatic heterocycles. The summed E-state index contributed by atoms with van der Waals surface area (Å²) in [6.45, 7) is 5.21. The zero-order valence-corrected chi connectivity index (χ0v) is 16.9. The van der Waals surface area contributed by atoms with Gasteiger partial charge in [0.1, 0.15) is 11.5 Å². The van der Waals surface area contributed by atoms with Gasteiger partial charge in [-0.25, -0.2) is 4.39 Å². The molecule has 1 aromatic heterocycles. The van der Waals surface area contributed by atoms with Crippen molar-refractivity contribution in [2.24, 2.45) is 0 Å². The Morgan fingerprint density at radius 1 is 1.00 bits per heavy atom. The number of aromatic nitrogens is 1. The lowest BCUT2D eigenvalue weighted by Crippen LogP contribution is -2.24. The number of ketones is 1. The highest BCUT2D eigenvalue weighted by Crippen LogP contribution is 2.19. The molecule has 0 unspecified atom stereocenters. The topological polar surface area (TPSA) is 91.1 Å². The number of aryl methyl sites for hydroxylation is 1. The molecular formula is C23H22FN3O3. The number of benzene rings is 2. The van der Waals surface area contributed by atoms with Gasteiger partial charge in [0.2, 0.25) is 0 Å². The fraction of sp³-hybridized carbons (Fsp3) is 0.174. The van der Waals surface area contributed by atoms with Crippen LogP contribution in [0.2, 0.25) is 0 Å². The van der Waals surface area contributed by atoms with E-state index in [1.54, 1.807) is 32.0 Å². The predicted molar refractivity (Wildman–Crippen MR) is 112 cm³/mol. The van der Waals surface area contributed by atoms with Crippen LogP contribution in [0.25, 0.3) is 0 Å². The molecule has 0 aliphatic rings. The number of carbonyl (C=O) groups excluding carboxylic acids is 3. The highest BCUT2D eigenvalue weighted by Gasteiger charge is 2.19. The van der Waals surface area contributed by atoms with Crippen LogP contribution in [0.15, 0.2) is 48.5 Å². The van der Waals surface area contributed by atoms with Gasteiger partial charge in [0, 0.05) is 29.1 Å². The Labute approximate surface area is 173 Å². The van der Waals surface area contributed by atoms with Gasteiger partial charge < -0.3 is 15.6 Å². The minimum Gasteiger partial charge on any atom is -0.354 e. The molecule has 6 nitrogen and oxygen atoms in total. The van der Waals surface area contributed by atoms with Crippen LogP contribution in [0, 0.1) is 19.7 Å². The Bertz CT molecular complexity index is 1120. The summed E-state index contributed by atoms with van der Waals surface area (Å²) in [7, 11) is 0. The van der Waals surface area contributed by atoms with Gasteiger partial charge in [0.05, 0.1) is 0 Å². The van der Waals surface area contributed by atoms with Gasteiger partial charge >= 0.3 is 0 Å². The van der Waals surface area contributed by atoms with Crippen LogP contribution in [-0.2, 0) is 6.54 Å². The minimum absolute atomic E-state index is 0.0927. The number of aromatic amines is 1. The predicted octanol–water partition coefficient (Wildman–Crippen LogP) is 4.16. The SMILES string of the molecule is CC(=O)c1c(C)[nH]c(C(=O)NCc2cccc(NC(=O)c3ccc(F)cc3)c2)c1C. The fourth-order valence-corrected chi connectivity index (χ4v) is 3.34. The highest BCUT2D eigenvalue weighted by molar-refractivity contribution is 6.04. The number of anilines is 1. The summed E-state index contributed by atoms with van der Waals surface area (Å²) in [6.07, 6.45) is 0. The summed E-state index contributed by atoms with van der Waals surface area (Å²) in [6, 6.07) is 12.3. The average molecular weight is 407 g/mol. The van der Waals surface area contributed by atoms with E-state index in [-0.39, 0.29) is 24.1 Å². The van der Waals surface area contributed by atoms with Crippen LogP contribution >= 0.6 is 0 Å². The van der Waals surface area contributed by atoms with E-state index in [1.165, 1.54) is 31.2 Å². The van der Waals surface area contributed by atoms with Crippen LogP contribution in [-0.4, -0.2) is 22.6 Å². The normalized spacial score (nSPS) is 10.5. The van der Waals surface area contributed by atoms with Gasteiger partial charge in [0.25, 0.3) is 11.8 Å². The number of Topliss-reactive ketones (excluding diaryl/α,β-unsaturated/α-hetero) is 1. The molecule has 7 heteroatoms. The number of amides is 2. The van der Waals surface area contributed by atoms with Crippen molar-refractivity contribution in [1.82, 2.24) is 10.3 Å². The first-order valence-electron chi connectivity index (χ1n) is 9.40.